The number of ether oxygens (including phenoxy) is 2. The van der Waals surface area contributed by atoms with E-state index in [0.29, 0.717) is 36.1 Å². The summed E-state index contributed by atoms with van der Waals surface area (Å²) in [6.45, 7) is 7.81. The molecule has 6 nitrogen and oxygen atoms in total. The highest BCUT2D eigenvalue weighted by Gasteiger charge is 2.14. The number of benzene rings is 2. The molecule has 140 valence electrons. The lowest BCUT2D eigenvalue weighted by molar-refractivity contribution is -0.123. The van der Waals surface area contributed by atoms with Crippen molar-refractivity contribution >= 4 is 23.2 Å². The molecule has 0 saturated heterocycles. The molecule has 6 heteroatoms. The fourth-order valence-corrected chi connectivity index (χ4v) is 2.22. The van der Waals surface area contributed by atoms with E-state index in [1.54, 1.807) is 60.7 Å². The summed E-state index contributed by atoms with van der Waals surface area (Å²) >= 11 is 0. The lowest BCUT2D eigenvalue weighted by Crippen LogP contribution is -2.22. The van der Waals surface area contributed by atoms with Gasteiger partial charge in [-0.25, -0.2) is 0 Å². The van der Waals surface area contributed by atoms with Gasteiger partial charge in [-0.3, -0.25) is 9.59 Å². The largest absolute Gasteiger partial charge is 0.487 e. The molecule has 0 aliphatic carbocycles. The highest BCUT2D eigenvalue weighted by molar-refractivity contribution is 6.08. The van der Waals surface area contributed by atoms with Gasteiger partial charge in [0.2, 0.25) is 11.8 Å². The van der Waals surface area contributed by atoms with E-state index >= 15 is 0 Å². The van der Waals surface area contributed by atoms with Crippen molar-refractivity contribution < 1.29 is 19.1 Å². The molecule has 2 amide bonds. The van der Waals surface area contributed by atoms with E-state index in [0.717, 1.165) is 0 Å². The highest BCUT2D eigenvalue weighted by atomic mass is 16.5. The summed E-state index contributed by atoms with van der Waals surface area (Å²) in [7, 11) is 0. The molecular weight excluding hydrogens is 344 g/mol. The van der Waals surface area contributed by atoms with Crippen molar-refractivity contribution in [3.8, 4) is 11.5 Å². The van der Waals surface area contributed by atoms with Crippen LogP contribution in [-0.4, -0.2) is 25.0 Å². The van der Waals surface area contributed by atoms with Crippen LogP contribution in [0.15, 0.2) is 73.8 Å². The number of hydrogen-bond donors (Lipinski definition) is 2. The summed E-state index contributed by atoms with van der Waals surface area (Å²) in [5, 5.41) is 5.36. The van der Waals surface area contributed by atoms with Crippen molar-refractivity contribution in [2.45, 2.75) is 6.42 Å². The van der Waals surface area contributed by atoms with Gasteiger partial charge in [0.1, 0.15) is 31.1 Å². The van der Waals surface area contributed by atoms with E-state index in [1.807, 2.05) is 0 Å². The van der Waals surface area contributed by atoms with Crippen molar-refractivity contribution in [2.24, 2.45) is 0 Å². The molecule has 0 fully saturated rings. The SMILES string of the molecule is C=CCOc1ccccc1NC(=O)CC(=O)Nc1ccccc1OCC=C. The molecule has 0 atom stereocenters. The first kappa shape index (κ1) is 19.8. The molecular formula is C21H22N2O4. The molecule has 2 N–H and O–H groups in total. The van der Waals surface area contributed by atoms with E-state index < -0.39 is 11.8 Å². The third kappa shape index (κ3) is 6.36. The second-order valence-corrected chi connectivity index (χ2v) is 5.46. The van der Waals surface area contributed by atoms with Gasteiger partial charge in [-0.05, 0) is 24.3 Å². The van der Waals surface area contributed by atoms with Gasteiger partial charge in [-0.2, -0.15) is 0 Å². The van der Waals surface area contributed by atoms with Gasteiger partial charge >= 0.3 is 0 Å². The lowest BCUT2D eigenvalue weighted by atomic mass is 10.2. The van der Waals surface area contributed by atoms with Crippen LogP contribution in [-0.2, 0) is 9.59 Å². The van der Waals surface area contributed by atoms with Crippen LogP contribution in [0.5, 0.6) is 11.5 Å². The van der Waals surface area contributed by atoms with Crippen molar-refractivity contribution in [1.29, 1.82) is 0 Å². The van der Waals surface area contributed by atoms with Crippen molar-refractivity contribution in [3.05, 3.63) is 73.8 Å². The Hall–Kier alpha value is -3.54. The van der Waals surface area contributed by atoms with Gasteiger partial charge in [0.15, 0.2) is 0 Å². The number of anilines is 2. The Morgan fingerprint density at radius 1 is 0.778 bits per heavy atom. The summed E-state index contributed by atoms with van der Waals surface area (Å²) in [4.78, 5) is 24.4. The van der Waals surface area contributed by atoms with Gasteiger partial charge in [0.05, 0.1) is 11.4 Å². The number of carbonyl (C=O) groups is 2. The first-order chi connectivity index (χ1) is 13.1. The molecule has 0 unspecified atom stereocenters. The Bertz CT molecular complexity index is 750. The average Bonchev–Trinajstić information content (AvgIpc) is 2.66. The van der Waals surface area contributed by atoms with Crippen LogP contribution in [0.25, 0.3) is 0 Å². The number of hydrogen-bond acceptors (Lipinski definition) is 4. The van der Waals surface area contributed by atoms with Crippen LogP contribution < -0.4 is 20.1 Å². The molecule has 27 heavy (non-hydrogen) atoms. The molecule has 2 aromatic rings. The smallest absolute Gasteiger partial charge is 0.233 e. The summed E-state index contributed by atoms with van der Waals surface area (Å²) in [6, 6.07) is 14.0. The first-order valence-corrected chi connectivity index (χ1v) is 8.39. The molecule has 0 aliphatic rings. The second kappa shape index (κ2) is 10.5. The average molecular weight is 366 g/mol. The zero-order valence-corrected chi connectivity index (χ0v) is 14.9. The Morgan fingerprint density at radius 2 is 1.19 bits per heavy atom. The van der Waals surface area contributed by atoms with Crippen LogP contribution in [0.1, 0.15) is 6.42 Å². The normalized spacial score (nSPS) is 9.78. The molecule has 0 spiro atoms. The highest BCUT2D eigenvalue weighted by Crippen LogP contribution is 2.25. The van der Waals surface area contributed by atoms with E-state index in [1.165, 1.54) is 0 Å². The summed E-state index contributed by atoms with van der Waals surface area (Å²) in [5.41, 5.74) is 0.985. The van der Waals surface area contributed by atoms with Gasteiger partial charge in [-0.15, -0.1) is 0 Å². The van der Waals surface area contributed by atoms with Crippen LogP contribution >= 0.6 is 0 Å². The minimum Gasteiger partial charge on any atom is -0.487 e. The number of rotatable bonds is 10. The van der Waals surface area contributed by atoms with Crippen LogP contribution in [0.3, 0.4) is 0 Å². The summed E-state index contributed by atoms with van der Waals surface area (Å²) in [6.07, 6.45) is 2.88. The topological polar surface area (TPSA) is 76.7 Å². The fraction of sp³-hybridized carbons (Fsp3) is 0.143. The minimum atomic E-state index is -0.452. The van der Waals surface area contributed by atoms with Crippen molar-refractivity contribution in [2.75, 3.05) is 23.8 Å². The monoisotopic (exact) mass is 366 g/mol. The standard InChI is InChI=1S/C21H22N2O4/c1-3-13-26-18-11-7-5-9-16(18)22-20(24)15-21(25)23-17-10-6-8-12-19(17)27-14-4-2/h3-12H,1-2,13-15H2,(H,22,24)(H,23,25). The lowest BCUT2D eigenvalue weighted by Gasteiger charge is -2.13. The first-order valence-electron chi connectivity index (χ1n) is 8.39. The molecule has 0 bridgehead atoms. The zero-order chi connectivity index (χ0) is 19.5. The molecule has 0 heterocycles. The quantitative estimate of drug-likeness (QED) is 0.495. The van der Waals surface area contributed by atoms with E-state index in [2.05, 4.69) is 23.8 Å². The number of carbonyl (C=O) groups excluding carboxylic acids is 2. The molecule has 0 aliphatic heterocycles. The van der Waals surface area contributed by atoms with Gasteiger partial charge in [0.25, 0.3) is 0 Å². The maximum absolute atomic E-state index is 12.2. The van der Waals surface area contributed by atoms with Gasteiger partial charge in [0, 0.05) is 0 Å². The van der Waals surface area contributed by atoms with Crippen LogP contribution in [0, 0.1) is 0 Å². The Labute approximate surface area is 158 Å². The van der Waals surface area contributed by atoms with Crippen molar-refractivity contribution in [1.82, 2.24) is 0 Å². The zero-order valence-electron chi connectivity index (χ0n) is 14.9. The van der Waals surface area contributed by atoms with E-state index in [9.17, 15) is 9.59 Å². The second-order valence-electron chi connectivity index (χ2n) is 5.46. The predicted molar refractivity (Wildman–Crippen MR) is 106 cm³/mol. The van der Waals surface area contributed by atoms with Gasteiger partial charge < -0.3 is 20.1 Å². The van der Waals surface area contributed by atoms with E-state index in [4.69, 9.17) is 9.47 Å². The number of nitrogens with one attached hydrogen (secondary N) is 2. The fourth-order valence-electron chi connectivity index (χ4n) is 2.22. The van der Waals surface area contributed by atoms with E-state index in [-0.39, 0.29) is 6.42 Å². The molecule has 0 aromatic heterocycles. The maximum Gasteiger partial charge on any atom is 0.233 e. The Kier molecular flexibility index (Phi) is 7.66. The third-order valence-corrected chi connectivity index (χ3v) is 3.36. The van der Waals surface area contributed by atoms with Crippen LogP contribution in [0.2, 0.25) is 0 Å². The van der Waals surface area contributed by atoms with Gasteiger partial charge in [-0.1, -0.05) is 49.6 Å². The molecule has 0 radical (unpaired) electrons. The van der Waals surface area contributed by atoms with Crippen LogP contribution in [0.4, 0.5) is 11.4 Å². The third-order valence-electron chi connectivity index (χ3n) is 3.36. The Balaban J connectivity index is 1.96. The molecule has 2 rings (SSSR count). The Morgan fingerprint density at radius 3 is 1.59 bits per heavy atom. The van der Waals surface area contributed by atoms with Crippen molar-refractivity contribution in [3.63, 3.8) is 0 Å². The molecule has 0 saturated carbocycles. The summed E-state index contributed by atoms with van der Waals surface area (Å²) in [5.74, 6) is 0.113. The number of para-hydroxylation sites is 4. The predicted octanol–water partition coefficient (Wildman–Crippen LogP) is 3.78. The number of amides is 2. The maximum atomic E-state index is 12.2. The summed E-state index contributed by atoms with van der Waals surface area (Å²) < 4.78 is 11.0. The molecule has 2 aromatic carbocycles. The minimum absolute atomic E-state index is 0.314.